The third kappa shape index (κ3) is 5.84. The second kappa shape index (κ2) is 11.5. The molecule has 39 heavy (non-hydrogen) atoms. The molecule has 0 radical (unpaired) electrons. The molecule has 2 heterocycles. The van der Waals surface area contributed by atoms with Crippen molar-refractivity contribution in [2.75, 3.05) is 20.3 Å². The van der Waals surface area contributed by atoms with Crippen LogP contribution in [-0.4, -0.2) is 68.7 Å². The standard InChI is InChI=1S/C31H43NO6Si/c1-30(2,3)39(5,6)37-21-26-24(20-27(33)38-26)25-18-13-19-32(25)28(29(34)36-4)31(35,22-14-9-7-10-15-22)23-16-11-8-12-17-23/h7-12,14-17,24-26,28,35H,13,18-21H2,1-6H3/t24-,25+,26-,28+/m1/s1. The highest BCUT2D eigenvalue weighted by molar-refractivity contribution is 6.74. The van der Waals surface area contributed by atoms with E-state index in [-0.39, 0.29) is 29.4 Å². The Hall–Kier alpha value is -2.52. The summed E-state index contributed by atoms with van der Waals surface area (Å²) in [5.74, 6) is -0.921. The summed E-state index contributed by atoms with van der Waals surface area (Å²) in [7, 11) is -0.707. The topological polar surface area (TPSA) is 85.3 Å². The molecule has 4 rings (SSSR count). The summed E-state index contributed by atoms with van der Waals surface area (Å²) < 4.78 is 17.7. The Bertz CT molecular complexity index is 1090. The molecule has 7 nitrogen and oxygen atoms in total. The van der Waals surface area contributed by atoms with Crippen molar-refractivity contribution < 1.29 is 28.6 Å². The molecule has 0 bridgehead atoms. The molecule has 4 atom stereocenters. The fourth-order valence-corrected chi connectivity index (χ4v) is 6.81. The number of carbonyl (C=O) groups is 2. The Labute approximate surface area is 233 Å². The highest BCUT2D eigenvalue weighted by Crippen LogP contribution is 2.43. The van der Waals surface area contributed by atoms with Gasteiger partial charge < -0.3 is 19.0 Å². The van der Waals surface area contributed by atoms with Gasteiger partial charge in [-0.25, -0.2) is 0 Å². The van der Waals surface area contributed by atoms with Crippen LogP contribution in [0, 0.1) is 5.92 Å². The van der Waals surface area contributed by atoms with Crippen LogP contribution in [0.25, 0.3) is 0 Å². The lowest BCUT2D eigenvalue weighted by Gasteiger charge is -2.44. The van der Waals surface area contributed by atoms with E-state index in [2.05, 4.69) is 38.8 Å². The quantitative estimate of drug-likeness (QED) is 0.350. The average molecular weight is 554 g/mol. The summed E-state index contributed by atoms with van der Waals surface area (Å²) >= 11 is 0. The first-order valence-corrected chi connectivity index (χ1v) is 16.8. The lowest BCUT2D eigenvalue weighted by Crippen LogP contribution is -2.59. The van der Waals surface area contributed by atoms with Gasteiger partial charge in [0.1, 0.15) is 17.7 Å². The van der Waals surface area contributed by atoms with E-state index in [0.717, 1.165) is 12.8 Å². The lowest BCUT2D eigenvalue weighted by atomic mass is 9.78. The largest absolute Gasteiger partial charge is 0.468 e. The number of hydrogen-bond acceptors (Lipinski definition) is 7. The molecule has 2 aromatic carbocycles. The van der Waals surface area contributed by atoms with E-state index < -0.39 is 32.0 Å². The molecule has 0 spiro atoms. The molecule has 0 aromatic heterocycles. The van der Waals surface area contributed by atoms with Gasteiger partial charge in [-0.15, -0.1) is 0 Å². The van der Waals surface area contributed by atoms with Gasteiger partial charge in [-0.3, -0.25) is 14.5 Å². The number of hydrogen-bond donors (Lipinski definition) is 1. The predicted molar refractivity (Wildman–Crippen MR) is 153 cm³/mol. The zero-order valence-electron chi connectivity index (χ0n) is 24.1. The maximum atomic E-state index is 13.6. The van der Waals surface area contributed by atoms with Gasteiger partial charge in [-0.1, -0.05) is 81.4 Å². The van der Waals surface area contributed by atoms with Crippen LogP contribution >= 0.6 is 0 Å². The Morgan fingerprint density at radius 2 is 1.64 bits per heavy atom. The molecule has 212 valence electrons. The van der Waals surface area contributed by atoms with Crippen molar-refractivity contribution in [1.82, 2.24) is 4.90 Å². The molecule has 2 aliphatic rings. The van der Waals surface area contributed by atoms with Gasteiger partial charge in [0, 0.05) is 12.0 Å². The van der Waals surface area contributed by atoms with Crippen molar-refractivity contribution in [3.05, 3.63) is 71.8 Å². The molecule has 0 saturated carbocycles. The van der Waals surface area contributed by atoms with Crippen LogP contribution in [0.15, 0.2) is 60.7 Å². The van der Waals surface area contributed by atoms with Crippen molar-refractivity contribution in [2.24, 2.45) is 5.92 Å². The monoisotopic (exact) mass is 553 g/mol. The first-order chi connectivity index (χ1) is 18.4. The Morgan fingerprint density at radius 1 is 1.08 bits per heavy atom. The zero-order valence-corrected chi connectivity index (χ0v) is 25.1. The van der Waals surface area contributed by atoms with E-state index in [9.17, 15) is 14.7 Å². The number of cyclic esters (lactones) is 1. The summed E-state index contributed by atoms with van der Waals surface area (Å²) in [6.45, 7) is 11.9. The molecule has 2 fully saturated rings. The summed E-state index contributed by atoms with van der Waals surface area (Å²) in [6.07, 6.45) is 1.47. The fraction of sp³-hybridized carbons (Fsp3) is 0.548. The fourth-order valence-electron chi connectivity index (χ4n) is 5.80. The minimum atomic E-state index is -2.06. The SMILES string of the molecule is COC(=O)[C@H](N1CCC[C@H]1[C@H]1CC(=O)O[C@@H]1CO[Si](C)(C)C(C)(C)C)C(O)(c1ccccc1)c1ccccc1. The number of aliphatic hydroxyl groups is 1. The molecule has 0 amide bonds. The first-order valence-electron chi connectivity index (χ1n) is 13.9. The van der Waals surface area contributed by atoms with E-state index in [0.29, 0.717) is 24.3 Å². The number of esters is 2. The van der Waals surface area contributed by atoms with Gasteiger partial charge >= 0.3 is 11.9 Å². The Balaban J connectivity index is 1.72. The number of benzene rings is 2. The molecule has 8 heteroatoms. The second-order valence-corrected chi connectivity index (χ2v) is 17.1. The smallest absolute Gasteiger partial charge is 0.326 e. The summed E-state index contributed by atoms with van der Waals surface area (Å²) in [6, 6.07) is 17.4. The maximum absolute atomic E-state index is 13.6. The number of nitrogens with zero attached hydrogens (tertiary/aromatic N) is 1. The average Bonchev–Trinajstić information content (AvgIpc) is 3.53. The van der Waals surface area contributed by atoms with E-state index in [1.54, 1.807) is 0 Å². The van der Waals surface area contributed by atoms with Crippen molar-refractivity contribution in [3.63, 3.8) is 0 Å². The van der Waals surface area contributed by atoms with Gasteiger partial charge in [0.15, 0.2) is 8.32 Å². The summed E-state index contributed by atoms with van der Waals surface area (Å²) in [5.41, 5.74) is -0.461. The van der Waals surface area contributed by atoms with Crippen molar-refractivity contribution in [3.8, 4) is 0 Å². The lowest BCUT2D eigenvalue weighted by molar-refractivity contribution is -0.159. The van der Waals surface area contributed by atoms with Crippen LogP contribution in [0.5, 0.6) is 0 Å². The number of rotatable bonds is 9. The van der Waals surface area contributed by atoms with Gasteiger partial charge in [0.25, 0.3) is 0 Å². The zero-order chi connectivity index (χ0) is 28.4. The Kier molecular flexibility index (Phi) is 8.71. The van der Waals surface area contributed by atoms with Gasteiger partial charge in [-0.05, 0) is 48.6 Å². The minimum Gasteiger partial charge on any atom is -0.468 e. The van der Waals surface area contributed by atoms with Gasteiger partial charge in [-0.2, -0.15) is 0 Å². The third-order valence-electron chi connectivity index (χ3n) is 8.99. The number of methoxy groups -OCH3 is 1. The molecule has 1 N–H and O–H groups in total. The third-order valence-corrected chi connectivity index (χ3v) is 13.5. The van der Waals surface area contributed by atoms with E-state index in [4.69, 9.17) is 13.9 Å². The van der Waals surface area contributed by atoms with E-state index in [1.165, 1.54) is 7.11 Å². The van der Waals surface area contributed by atoms with Crippen molar-refractivity contribution in [2.45, 2.75) is 82.0 Å². The molecule has 2 aromatic rings. The first kappa shape index (κ1) is 29.5. The van der Waals surface area contributed by atoms with Crippen LogP contribution in [0.3, 0.4) is 0 Å². The second-order valence-electron chi connectivity index (χ2n) is 12.3. The van der Waals surface area contributed by atoms with E-state index in [1.807, 2.05) is 60.7 Å². The van der Waals surface area contributed by atoms with Crippen LogP contribution < -0.4 is 0 Å². The van der Waals surface area contributed by atoms with Gasteiger partial charge in [0.05, 0.1) is 20.1 Å². The molecule has 0 aliphatic carbocycles. The van der Waals surface area contributed by atoms with Crippen LogP contribution in [0.2, 0.25) is 18.1 Å². The molecule has 2 aliphatic heterocycles. The maximum Gasteiger partial charge on any atom is 0.326 e. The van der Waals surface area contributed by atoms with Crippen LogP contribution in [-0.2, 0) is 29.1 Å². The minimum absolute atomic E-state index is 0.0301. The molecule has 2 saturated heterocycles. The summed E-state index contributed by atoms with van der Waals surface area (Å²) in [5, 5.41) is 12.6. The Morgan fingerprint density at radius 3 is 2.15 bits per heavy atom. The molecular weight excluding hydrogens is 510 g/mol. The van der Waals surface area contributed by atoms with Crippen LogP contribution in [0.4, 0.5) is 0 Å². The highest BCUT2D eigenvalue weighted by atomic mass is 28.4. The molecular formula is C31H43NO6Si. The predicted octanol–water partition coefficient (Wildman–Crippen LogP) is 4.88. The molecule has 0 unspecified atom stereocenters. The summed E-state index contributed by atoms with van der Waals surface area (Å²) in [4.78, 5) is 28.3. The number of ether oxygens (including phenoxy) is 2. The normalized spacial score (nSPS) is 23.5. The van der Waals surface area contributed by atoms with Gasteiger partial charge in [0.2, 0.25) is 0 Å². The highest BCUT2D eigenvalue weighted by Gasteiger charge is 2.54. The van der Waals surface area contributed by atoms with Crippen molar-refractivity contribution >= 4 is 20.3 Å². The number of likely N-dealkylation sites (tertiary alicyclic amines) is 1. The van der Waals surface area contributed by atoms with Crippen molar-refractivity contribution in [1.29, 1.82) is 0 Å². The number of carbonyl (C=O) groups excluding carboxylic acids is 2. The van der Waals surface area contributed by atoms with Crippen LogP contribution in [0.1, 0.15) is 51.2 Å². The van der Waals surface area contributed by atoms with E-state index >= 15 is 0 Å².